The first-order valence-electron chi connectivity index (χ1n) is 10.5. The Kier molecular flexibility index (Phi) is 5.99. The van der Waals surface area contributed by atoms with Gasteiger partial charge in [-0.1, -0.05) is 12.1 Å². The average molecular weight is 441 g/mol. The molecule has 0 aliphatic carbocycles. The van der Waals surface area contributed by atoms with E-state index < -0.39 is 0 Å². The van der Waals surface area contributed by atoms with Crippen molar-refractivity contribution in [1.29, 1.82) is 0 Å². The van der Waals surface area contributed by atoms with E-state index in [1.807, 2.05) is 45.0 Å². The normalized spacial score (nSPS) is 10.7. The summed E-state index contributed by atoms with van der Waals surface area (Å²) in [4.78, 5) is 23.8. The number of aromatic nitrogens is 4. The summed E-state index contributed by atoms with van der Waals surface area (Å²) in [5, 5.41) is 19.1. The molecule has 2 heterocycles. The predicted octanol–water partition coefficient (Wildman–Crippen LogP) is 4.79. The number of hydrogen-bond donors (Lipinski definition) is 2. The van der Waals surface area contributed by atoms with E-state index in [1.165, 1.54) is 6.92 Å². The second-order valence-electron chi connectivity index (χ2n) is 7.77. The van der Waals surface area contributed by atoms with Crippen LogP contribution in [0.2, 0.25) is 0 Å². The van der Waals surface area contributed by atoms with E-state index in [9.17, 15) is 9.59 Å². The van der Waals surface area contributed by atoms with Crippen LogP contribution in [0, 0.1) is 20.8 Å². The van der Waals surface area contributed by atoms with Gasteiger partial charge in [0.25, 0.3) is 5.91 Å². The van der Waals surface area contributed by atoms with Crippen molar-refractivity contribution in [2.45, 2.75) is 27.7 Å². The number of hydrogen-bond acceptors (Lipinski definition) is 6. The van der Waals surface area contributed by atoms with Gasteiger partial charge in [0.15, 0.2) is 17.4 Å². The van der Waals surface area contributed by atoms with Crippen molar-refractivity contribution in [3.05, 3.63) is 88.7 Å². The number of carbonyl (C=O) groups is 2. The maximum atomic E-state index is 12.4. The summed E-state index contributed by atoms with van der Waals surface area (Å²) < 4.78 is 1.78. The van der Waals surface area contributed by atoms with E-state index in [-0.39, 0.29) is 11.7 Å². The zero-order valence-electron chi connectivity index (χ0n) is 18.9. The number of nitrogens with one attached hydrogen (secondary N) is 2. The molecule has 0 spiro atoms. The van der Waals surface area contributed by atoms with Crippen molar-refractivity contribution in [2.75, 3.05) is 10.6 Å². The molecule has 4 aromatic rings. The van der Waals surface area contributed by atoms with Gasteiger partial charge in [0, 0.05) is 28.2 Å². The van der Waals surface area contributed by atoms with Gasteiger partial charge in [-0.25, -0.2) is 4.68 Å². The minimum atomic E-state index is -0.244. The van der Waals surface area contributed by atoms with Crippen molar-refractivity contribution in [2.24, 2.45) is 0 Å². The van der Waals surface area contributed by atoms with Crippen molar-refractivity contribution in [3.8, 4) is 5.82 Å². The van der Waals surface area contributed by atoms with Crippen molar-refractivity contribution in [3.63, 3.8) is 0 Å². The first kappa shape index (κ1) is 21.9. The highest BCUT2D eigenvalue weighted by Gasteiger charge is 2.11. The van der Waals surface area contributed by atoms with Crippen LogP contribution in [-0.4, -0.2) is 31.7 Å². The smallest absolute Gasteiger partial charge is 0.255 e. The number of benzene rings is 2. The van der Waals surface area contributed by atoms with Crippen LogP contribution in [0.3, 0.4) is 0 Å². The lowest BCUT2D eigenvalue weighted by molar-refractivity contribution is 0.101. The lowest BCUT2D eigenvalue weighted by atomic mass is 10.1. The van der Waals surface area contributed by atoms with E-state index in [1.54, 1.807) is 41.1 Å². The Morgan fingerprint density at radius 2 is 1.42 bits per heavy atom. The molecule has 166 valence electrons. The Labute approximate surface area is 191 Å². The highest BCUT2D eigenvalue weighted by atomic mass is 16.1. The molecule has 8 nitrogen and oxygen atoms in total. The van der Waals surface area contributed by atoms with Gasteiger partial charge in [0.05, 0.1) is 5.69 Å². The third-order valence-electron chi connectivity index (χ3n) is 5.49. The highest BCUT2D eigenvalue weighted by molar-refractivity contribution is 6.05. The molecule has 0 aliphatic rings. The van der Waals surface area contributed by atoms with E-state index in [2.05, 4.69) is 25.9 Å². The molecule has 0 saturated carbocycles. The van der Waals surface area contributed by atoms with Crippen molar-refractivity contribution < 1.29 is 9.59 Å². The Bertz CT molecular complexity index is 1310. The molecule has 2 aromatic carbocycles. The zero-order valence-corrected chi connectivity index (χ0v) is 18.9. The largest absolute Gasteiger partial charge is 0.339 e. The molecule has 0 atom stereocenters. The Balaban J connectivity index is 1.39. The monoisotopic (exact) mass is 440 g/mol. The summed E-state index contributed by atoms with van der Waals surface area (Å²) in [5.41, 5.74) is 5.66. The molecular weight excluding hydrogens is 416 g/mol. The average Bonchev–Trinajstić information content (AvgIpc) is 3.08. The van der Waals surface area contributed by atoms with Gasteiger partial charge < -0.3 is 10.6 Å². The second kappa shape index (κ2) is 9.04. The molecule has 0 fully saturated rings. The predicted molar refractivity (Wildman–Crippen MR) is 127 cm³/mol. The van der Waals surface area contributed by atoms with Crippen LogP contribution in [0.25, 0.3) is 5.82 Å². The van der Waals surface area contributed by atoms with Crippen molar-refractivity contribution in [1.82, 2.24) is 20.0 Å². The summed E-state index contributed by atoms with van der Waals surface area (Å²) in [6.45, 7) is 7.50. The van der Waals surface area contributed by atoms with Gasteiger partial charge >= 0.3 is 0 Å². The van der Waals surface area contributed by atoms with E-state index in [0.29, 0.717) is 28.5 Å². The summed E-state index contributed by atoms with van der Waals surface area (Å²) >= 11 is 0. The molecule has 33 heavy (non-hydrogen) atoms. The molecule has 2 aromatic heterocycles. The molecule has 0 aliphatic heterocycles. The highest BCUT2D eigenvalue weighted by Crippen LogP contribution is 2.20. The lowest BCUT2D eigenvalue weighted by Crippen LogP contribution is -2.12. The van der Waals surface area contributed by atoms with Gasteiger partial charge in [-0.2, -0.15) is 5.10 Å². The molecule has 4 rings (SSSR count). The first-order valence-corrected chi connectivity index (χ1v) is 10.5. The standard InChI is InChI=1S/C25H24N6O2/c1-15-16(2)30-31(17(15)3)24-14-13-23(28-29-24)26-21-9-11-22(12-10-21)27-25(33)20-7-5-19(6-8-20)18(4)32/h5-14H,1-4H3,(H,26,28)(H,27,33). The number of amides is 1. The van der Waals surface area contributed by atoms with Crippen molar-refractivity contribution >= 4 is 28.9 Å². The molecule has 2 N–H and O–H groups in total. The molecule has 0 saturated heterocycles. The van der Waals surface area contributed by atoms with Gasteiger partial charge in [0.1, 0.15) is 0 Å². The minimum Gasteiger partial charge on any atom is -0.339 e. The lowest BCUT2D eigenvalue weighted by Gasteiger charge is -2.09. The number of anilines is 3. The summed E-state index contributed by atoms with van der Waals surface area (Å²) in [6, 6.07) is 17.5. The fourth-order valence-electron chi connectivity index (χ4n) is 3.29. The maximum absolute atomic E-state index is 12.4. The van der Waals surface area contributed by atoms with Gasteiger partial charge in [-0.05, 0) is 81.8 Å². The van der Waals surface area contributed by atoms with Crippen LogP contribution in [0.15, 0.2) is 60.7 Å². The fraction of sp³-hybridized carbons (Fsp3) is 0.160. The summed E-state index contributed by atoms with van der Waals surface area (Å²) in [5.74, 6) is 0.973. The van der Waals surface area contributed by atoms with E-state index in [0.717, 1.165) is 22.6 Å². The molecular formula is C25H24N6O2. The third-order valence-corrected chi connectivity index (χ3v) is 5.49. The van der Waals surface area contributed by atoms with Gasteiger partial charge in [-0.15, -0.1) is 10.2 Å². The molecule has 0 radical (unpaired) electrons. The minimum absolute atomic E-state index is 0.0360. The molecule has 8 heteroatoms. The molecule has 1 amide bonds. The van der Waals surface area contributed by atoms with Crippen LogP contribution in [-0.2, 0) is 0 Å². The number of rotatable bonds is 6. The first-order chi connectivity index (χ1) is 15.8. The van der Waals surface area contributed by atoms with Crippen LogP contribution in [0.1, 0.15) is 44.6 Å². The zero-order chi connectivity index (χ0) is 23.5. The number of ketones is 1. The number of carbonyl (C=O) groups excluding carboxylic acids is 2. The van der Waals surface area contributed by atoms with E-state index in [4.69, 9.17) is 0 Å². The van der Waals surface area contributed by atoms with E-state index >= 15 is 0 Å². The fourth-order valence-corrected chi connectivity index (χ4v) is 3.29. The van der Waals surface area contributed by atoms with Crippen LogP contribution in [0.5, 0.6) is 0 Å². The Hall–Kier alpha value is -4.33. The van der Waals surface area contributed by atoms with Crippen LogP contribution < -0.4 is 10.6 Å². The number of nitrogens with zero attached hydrogens (tertiary/aromatic N) is 4. The maximum Gasteiger partial charge on any atom is 0.255 e. The Morgan fingerprint density at radius 3 is 1.97 bits per heavy atom. The number of aryl methyl sites for hydroxylation is 1. The van der Waals surface area contributed by atoms with Gasteiger partial charge in [-0.3, -0.25) is 9.59 Å². The summed E-state index contributed by atoms with van der Waals surface area (Å²) in [7, 11) is 0. The summed E-state index contributed by atoms with van der Waals surface area (Å²) in [6.07, 6.45) is 0. The Morgan fingerprint density at radius 1 is 0.788 bits per heavy atom. The third kappa shape index (κ3) is 4.79. The molecule has 0 bridgehead atoms. The topological polar surface area (TPSA) is 102 Å². The molecule has 0 unspecified atom stereocenters. The SMILES string of the molecule is CC(=O)c1ccc(C(=O)Nc2ccc(Nc3ccc(-n4nc(C)c(C)c4C)nn3)cc2)cc1. The van der Waals surface area contributed by atoms with Crippen LogP contribution in [0.4, 0.5) is 17.2 Å². The number of Topliss-reactive ketones (excluding diaryl/α,β-unsaturated/α-hetero) is 1. The van der Waals surface area contributed by atoms with Gasteiger partial charge in [0.2, 0.25) is 0 Å². The quantitative estimate of drug-likeness (QED) is 0.418. The second-order valence-corrected chi connectivity index (χ2v) is 7.77. The van der Waals surface area contributed by atoms with Crippen LogP contribution >= 0.6 is 0 Å².